The predicted octanol–water partition coefficient (Wildman–Crippen LogP) is 6.24. The van der Waals surface area contributed by atoms with Gasteiger partial charge in [0.1, 0.15) is 5.82 Å². The first-order valence-electron chi connectivity index (χ1n) is 13.0. The van der Waals surface area contributed by atoms with Gasteiger partial charge < -0.3 is 0 Å². The molecule has 0 bridgehead atoms. The molecule has 0 spiro atoms. The quantitative estimate of drug-likeness (QED) is 0.245. The van der Waals surface area contributed by atoms with Crippen LogP contribution < -0.4 is 5.56 Å². The molecule has 3 aromatic carbocycles. The minimum Gasteiger partial charge on any atom is -0.282 e. The number of aryl methyl sites for hydroxylation is 2. The van der Waals surface area contributed by atoms with E-state index in [4.69, 9.17) is 4.99 Å². The fraction of sp³-hybridized carbons (Fsp3) is 0.125. The number of rotatable bonds is 5. The number of para-hydroxylation sites is 2. The zero-order valence-corrected chi connectivity index (χ0v) is 23.2. The minimum atomic E-state index is -0.137. The van der Waals surface area contributed by atoms with Crippen LogP contribution in [0.3, 0.4) is 0 Å². The third-order valence-electron chi connectivity index (χ3n) is 6.89. The van der Waals surface area contributed by atoms with Crippen LogP contribution in [-0.4, -0.2) is 30.3 Å². The zero-order chi connectivity index (χ0) is 27.8. The van der Waals surface area contributed by atoms with Crippen molar-refractivity contribution >= 4 is 45.5 Å². The van der Waals surface area contributed by atoms with Gasteiger partial charge in [-0.15, -0.1) is 0 Å². The highest BCUT2D eigenvalue weighted by Gasteiger charge is 2.34. The molecule has 0 N–H and O–H groups in total. The van der Waals surface area contributed by atoms with Crippen molar-refractivity contribution in [2.75, 3.05) is 0 Å². The summed E-state index contributed by atoms with van der Waals surface area (Å²) in [7, 11) is 0. The maximum absolute atomic E-state index is 13.7. The largest absolute Gasteiger partial charge is 0.282 e. The molecule has 7 nitrogen and oxygen atoms in total. The van der Waals surface area contributed by atoms with E-state index >= 15 is 0 Å². The summed E-state index contributed by atoms with van der Waals surface area (Å²) in [5.41, 5.74) is 4.90. The van der Waals surface area contributed by atoms with Crippen LogP contribution in [-0.2, 0) is 11.3 Å². The summed E-state index contributed by atoms with van der Waals surface area (Å²) in [5.74, 6) is 0.483. The van der Waals surface area contributed by atoms with Crippen molar-refractivity contribution in [3.05, 3.63) is 135 Å². The van der Waals surface area contributed by atoms with Crippen molar-refractivity contribution in [3.8, 4) is 0 Å². The molecule has 1 saturated heterocycles. The molecule has 5 aromatic rings. The molecule has 6 rings (SSSR count). The Morgan fingerprint density at radius 3 is 2.27 bits per heavy atom. The lowest BCUT2D eigenvalue weighted by Gasteiger charge is -2.16. The number of carbonyl (C=O) groups excluding carboxylic acids is 1. The van der Waals surface area contributed by atoms with Crippen molar-refractivity contribution in [1.29, 1.82) is 0 Å². The van der Waals surface area contributed by atoms with E-state index in [9.17, 15) is 9.59 Å². The molecule has 0 unspecified atom stereocenters. The number of benzene rings is 3. The molecule has 8 heteroatoms. The molecule has 40 heavy (non-hydrogen) atoms. The number of nitrogens with zero attached hydrogens (tertiary/aromatic N) is 5. The van der Waals surface area contributed by atoms with Gasteiger partial charge in [-0.1, -0.05) is 60.7 Å². The van der Waals surface area contributed by atoms with Gasteiger partial charge in [-0.2, -0.15) is 4.68 Å². The number of thioether (sulfide) groups is 1. The number of hydrogen-bond acceptors (Lipinski definition) is 5. The van der Waals surface area contributed by atoms with Gasteiger partial charge >= 0.3 is 0 Å². The molecule has 1 amide bonds. The maximum atomic E-state index is 13.7. The number of fused-ring (bicyclic) bond motifs is 1. The second-order valence-corrected chi connectivity index (χ2v) is 10.7. The Balaban J connectivity index is 1.42. The zero-order valence-electron chi connectivity index (χ0n) is 22.4. The first-order chi connectivity index (χ1) is 19.4. The second kappa shape index (κ2) is 10.5. The fourth-order valence-corrected chi connectivity index (χ4v) is 5.94. The first-order valence-corrected chi connectivity index (χ1v) is 13.8. The lowest BCUT2D eigenvalue weighted by Crippen LogP contribution is -2.30. The Morgan fingerprint density at radius 2 is 1.52 bits per heavy atom. The molecule has 3 heterocycles. The summed E-state index contributed by atoms with van der Waals surface area (Å²) in [6.07, 6.45) is 1.90. The monoisotopic (exact) mass is 545 g/mol. The minimum absolute atomic E-state index is 0.103. The Morgan fingerprint density at radius 1 is 0.850 bits per heavy atom. The van der Waals surface area contributed by atoms with Gasteiger partial charge in [-0.3, -0.25) is 19.2 Å². The Hall–Kier alpha value is -4.69. The van der Waals surface area contributed by atoms with Crippen molar-refractivity contribution in [2.24, 2.45) is 4.99 Å². The maximum Gasteiger partial charge on any atom is 0.280 e. The van der Waals surface area contributed by atoms with Crippen molar-refractivity contribution in [1.82, 2.24) is 19.2 Å². The van der Waals surface area contributed by atoms with E-state index in [0.717, 1.165) is 28.2 Å². The molecule has 0 aliphatic carbocycles. The van der Waals surface area contributed by atoms with E-state index in [-0.39, 0.29) is 11.5 Å². The fourth-order valence-electron chi connectivity index (χ4n) is 4.95. The van der Waals surface area contributed by atoms with Crippen molar-refractivity contribution in [3.63, 3.8) is 0 Å². The number of aromatic nitrogens is 3. The van der Waals surface area contributed by atoms with E-state index in [0.29, 0.717) is 33.3 Å². The van der Waals surface area contributed by atoms with Crippen LogP contribution >= 0.6 is 11.8 Å². The van der Waals surface area contributed by atoms with Gasteiger partial charge in [0.05, 0.1) is 28.0 Å². The summed E-state index contributed by atoms with van der Waals surface area (Å²) < 4.78 is 3.47. The molecule has 0 atom stereocenters. The lowest BCUT2D eigenvalue weighted by atomic mass is 10.2. The van der Waals surface area contributed by atoms with E-state index < -0.39 is 0 Å². The van der Waals surface area contributed by atoms with Gasteiger partial charge in [0.25, 0.3) is 11.5 Å². The number of hydrogen-bond donors (Lipinski definition) is 0. The standard InChI is InChI=1S/C32H27N5O2S/c1-21-18-25(22(2)36(21)37-23(3)33-28-17-11-10-16-27(28)30(37)38)19-29-31(39)35(20-24-12-6-4-7-13-24)32(40-29)34-26-14-8-5-9-15-26/h4-19H,20H2,1-3H3. The van der Waals surface area contributed by atoms with Crippen LogP contribution in [0.4, 0.5) is 5.69 Å². The first kappa shape index (κ1) is 25.6. The van der Waals surface area contributed by atoms with Gasteiger partial charge in [-0.25, -0.2) is 9.98 Å². The van der Waals surface area contributed by atoms with Crippen molar-refractivity contribution in [2.45, 2.75) is 27.3 Å². The Bertz CT molecular complexity index is 1870. The van der Waals surface area contributed by atoms with Gasteiger partial charge in [0, 0.05) is 11.4 Å². The van der Waals surface area contributed by atoms with E-state index in [1.807, 2.05) is 116 Å². The predicted molar refractivity (Wildman–Crippen MR) is 162 cm³/mol. The molecule has 1 aliphatic rings. The summed E-state index contributed by atoms with van der Waals surface area (Å²) in [6.45, 7) is 6.15. The summed E-state index contributed by atoms with van der Waals surface area (Å²) >= 11 is 1.36. The molecule has 1 aliphatic heterocycles. The topological polar surface area (TPSA) is 72.5 Å². The summed E-state index contributed by atoms with van der Waals surface area (Å²) in [4.78, 5) is 39.0. The number of carbonyl (C=O) groups is 1. The molecular formula is C32H27N5O2S. The Labute approximate surface area is 236 Å². The highest BCUT2D eigenvalue weighted by molar-refractivity contribution is 8.18. The molecule has 0 saturated carbocycles. The van der Waals surface area contributed by atoms with Crippen LogP contribution in [0.25, 0.3) is 17.0 Å². The lowest BCUT2D eigenvalue weighted by molar-refractivity contribution is -0.122. The smallest absolute Gasteiger partial charge is 0.280 e. The SMILES string of the molecule is Cc1cc(C=C2SC(=Nc3ccccc3)N(Cc3ccccc3)C2=O)c(C)n1-n1c(C)nc2ccccc2c1=O. The number of amidine groups is 1. The van der Waals surface area contributed by atoms with Crippen LogP contribution in [0.5, 0.6) is 0 Å². The van der Waals surface area contributed by atoms with Crippen LogP contribution in [0, 0.1) is 20.8 Å². The molecule has 198 valence electrons. The third-order valence-corrected chi connectivity index (χ3v) is 7.90. The second-order valence-electron chi connectivity index (χ2n) is 9.65. The van der Waals surface area contributed by atoms with E-state index in [2.05, 4.69) is 4.98 Å². The summed E-state index contributed by atoms with van der Waals surface area (Å²) in [6, 6.07) is 28.9. The molecule has 0 radical (unpaired) electrons. The highest BCUT2D eigenvalue weighted by atomic mass is 32.2. The summed E-state index contributed by atoms with van der Waals surface area (Å²) in [5, 5.41) is 1.19. The molecule has 1 fully saturated rings. The molecular weight excluding hydrogens is 518 g/mol. The average Bonchev–Trinajstić information content (AvgIpc) is 3.39. The Kier molecular flexibility index (Phi) is 6.69. The van der Waals surface area contributed by atoms with Crippen LogP contribution in [0.2, 0.25) is 0 Å². The van der Waals surface area contributed by atoms with E-state index in [1.165, 1.54) is 11.8 Å². The normalized spacial score (nSPS) is 15.6. The third kappa shape index (κ3) is 4.67. The van der Waals surface area contributed by atoms with Gasteiger partial charge in [0.2, 0.25) is 0 Å². The van der Waals surface area contributed by atoms with Crippen molar-refractivity contribution < 1.29 is 4.79 Å². The van der Waals surface area contributed by atoms with Gasteiger partial charge in [-0.05, 0) is 80.1 Å². The van der Waals surface area contributed by atoms with E-state index in [1.54, 1.807) is 15.6 Å². The highest BCUT2D eigenvalue weighted by Crippen LogP contribution is 2.36. The average molecular weight is 546 g/mol. The molecule has 2 aromatic heterocycles. The van der Waals surface area contributed by atoms with Gasteiger partial charge in [0.15, 0.2) is 5.17 Å². The number of aliphatic imine (C=N–C) groups is 1. The number of amides is 1. The van der Waals surface area contributed by atoms with Crippen LogP contribution in [0.1, 0.15) is 28.3 Å². The van der Waals surface area contributed by atoms with Crippen LogP contribution in [0.15, 0.2) is 106 Å².